The molecular weight excluding hydrogens is 312 g/mol. The highest BCUT2D eigenvalue weighted by Crippen LogP contribution is 2.22. The Hall–Kier alpha value is -1.95. The Labute approximate surface area is 139 Å². The molecule has 4 rings (SSSR count). The van der Waals surface area contributed by atoms with Crippen LogP contribution < -0.4 is 0 Å². The van der Waals surface area contributed by atoms with Crippen molar-refractivity contribution in [3.05, 3.63) is 53.3 Å². The Balaban J connectivity index is 1.59. The van der Waals surface area contributed by atoms with Crippen LogP contribution in [0.2, 0.25) is 5.28 Å². The zero-order valence-corrected chi connectivity index (χ0v) is 13.4. The highest BCUT2D eigenvalue weighted by atomic mass is 35.5. The molecule has 2 aromatic heterocycles. The van der Waals surface area contributed by atoms with Gasteiger partial charge in [-0.25, -0.2) is 4.52 Å². The van der Waals surface area contributed by atoms with Gasteiger partial charge in [0.25, 0.3) is 0 Å². The maximum atomic E-state index is 5.92. The summed E-state index contributed by atoms with van der Waals surface area (Å²) >= 11 is 5.92. The van der Waals surface area contributed by atoms with Gasteiger partial charge >= 0.3 is 0 Å². The van der Waals surface area contributed by atoms with Crippen LogP contribution in [0.3, 0.4) is 0 Å². The van der Waals surface area contributed by atoms with Crippen LogP contribution >= 0.6 is 11.6 Å². The molecule has 0 amide bonds. The van der Waals surface area contributed by atoms with Crippen LogP contribution in [0.25, 0.3) is 16.9 Å². The number of benzene rings is 1. The van der Waals surface area contributed by atoms with Crippen molar-refractivity contribution in [3.63, 3.8) is 0 Å². The average molecular weight is 329 g/mol. The molecular formula is C17H17ClN4O. The smallest absolute Gasteiger partial charge is 0.243 e. The molecule has 0 spiro atoms. The molecule has 23 heavy (non-hydrogen) atoms. The number of hydrogen-bond donors (Lipinski definition) is 0. The minimum atomic E-state index is 0.265. The predicted molar refractivity (Wildman–Crippen MR) is 89.5 cm³/mol. The molecule has 1 aliphatic heterocycles. The highest BCUT2D eigenvalue weighted by molar-refractivity contribution is 6.28. The van der Waals surface area contributed by atoms with E-state index in [2.05, 4.69) is 39.2 Å². The lowest BCUT2D eigenvalue weighted by molar-refractivity contribution is 0.0342. The molecule has 0 atom stereocenters. The monoisotopic (exact) mass is 328 g/mol. The fourth-order valence-corrected chi connectivity index (χ4v) is 3.06. The Morgan fingerprint density at radius 2 is 1.83 bits per heavy atom. The van der Waals surface area contributed by atoms with Gasteiger partial charge in [0.2, 0.25) is 5.28 Å². The van der Waals surface area contributed by atoms with Gasteiger partial charge in [0.05, 0.1) is 18.9 Å². The standard InChI is InChI=1S/C17H17ClN4O/c18-17-19-16-3-1-2-15(22(16)20-17)14-6-4-13(5-7-14)12-21-8-10-23-11-9-21/h1-7H,8-12H2. The number of ether oxygens (including phenoxy) is 1. The van der Waals surface area contributed by atoms with Crippen LogP contribution in [0.15, 0.2) is 42.5 Å². The van der Waals surface area contributed by atoms with E-state index in [0.717, 1.165) is 49.8 Å². The predicted octanol–water partition coefficient (Wildman–Crippen LogP) is 2.88. The summed E-state index contributed by atoms with van der Waals surface area (Å²) < 4.78 is 7.17. The molecule has 3 aromatic rings. The second-order valence-electron chi connectivity index (χ2n) is 5.65. The Morgan fingerprint density at radius 3 is 2.61 bits per heavy atom. The number of halogens is 1. The maximum Gasteiger partial charge on any atom is 0.243 e. The summed E-state index contributed by atoms with van der Waals surface area (Å²) in [5.41, 5.74) is 4.15. The van der Waals surface area contributed by atoms with Crippen molar-refractivity contribution >= 4 is 17.2 Å². The molecule has 5 nitrogen and oxygen atoms in total. The number of aromatic nitrogens is 3. The fraction of sp³-hybridized carbons (Fsp3) is 0.294. The van der Waals surface area contributed by atoms with E-state index in [-0.39, 0.29) is 5.28 Å². The van der Waals surface area contributed by atoms with Gasteiger partial charge in [0, 0.05) is 25.2 Å². The molecule has 1 aliphatic rings. The van der Waals surface area contributed by atoms with Crippen molar-refractivity contribution in [3.8, 4) is 11.3 Å². The van der Waals surface area contributed by atoms with Crippen molar-refractivity contribution in [1.82, 2.24) is 19.5 Å². The van der Waals surface area contributed by atoms with Gasteiger partial charge in [-0.1, -0.05) is 30.3 Å². The quantitative estimate of drug-likeness (QED) is 0.741. The lowest BCUT2D eigenvalue weighted by Gasteiger charge is -2.26. The summed E-state index contributed by atoms with van der Waals surface area (Å²) in [7, 11) is 0. The minimum Gasteiger partial charge on any atom is -0.379 e. The van der Waals surface area contributed by atoms with Crippen molar-refractivity contribution in [2.45, 2.75) is 6.54 Å². The van der Waals surface area contributed by atoms with E-state index in [1.54, 1.807) is 4.52 Å². The average Bonchev–Trinajstić information content (AvgIpc) is 2.97. The first-order valence-electron chi connectivity index (χ1n) is 7.70. The molecule has 118 valence electrons. The zero-order valence-electron chi connectivity index (χ0n) is 12.7. The summed E-state index contributed by atoms with van der Waals surface area (Å²) in [6, 6.07) is 14.5. The minimum absolute atomic E-state index is 0.265. The summed E-state index contributed by atoms with van der Waals surface area (Å²) in [5.74, 6) is 0. The SMILES string of the molecule is Clc1nc2cccc(-c3ccc(CN4CCOCC4)cc3)n2n1. The zero-order chi connectivity index (χ0) is 15.6. The van der Waals surface area contributed by atoms with E-state index in [9.17, 15) is 0 Å². The molecule has 1 fully saturated rings. The second-order valence-corrected chi connectivity index (χ2v) is 5.99. The Bertz CT molecular complexity index is 809. The molecule has 0 radical (unpaired) electrons. The molecule has 6 heteroatoms. The molecule has 0 aliphatic carbocycles. The first kappa shape index (κ1) is 14.6. The van der Waals surface area contributed by atoms with E-state index in [0.29, 0.717) is 0 Å². The van der Waals surface area contributed by atoms with Crippen LogP contribution in [0.4, 0.5) is 0 Å². The third-order valence-electron chi connectivity index (χ3n) is 4.09. The topological polar surface area (TPSA) is 42.7 Å². The first-order chi connectivity index (χ1) is 11.3. The summed E-state index contributed by atoms with van der Waals surface area (Å²) in [4.78, 5) is 6.61. The number of rotatable bonds is 3. The van der Waals surface area contributed by atoms with Crippen molar-refractivity contribution in [1.29, 1.82) is 0 Å². The lowest BCUT2D eigenvalue weighted by atomic mass is 10.1. The number of fused-ring (bicyclic) bond motifs is 1. The van der Waals surface area contributed by atoms with Crippen molar-refractivity contribution in [2.24, 2.45) is 0 Å². The second kappa shape index (κ2) is 6.28. The van der Waals surface area contributed by atoms with Crippen LogP contribution in [0.5, 0.6) is 0 Å². The first-order valence-corrected chi connectivity index (χ1v) is 8.08. The number of pyridine rings is 1. The summed E-state index contributed by atoms with van der Waals surface area (Å²) in [6.07, 6.45) is 0. The Kier molecular flexibility index (Phi) is 3.99. The molecule has 0 unspecified atom stereocenters. The van der Waals surface area contributed by atoms with Gasteiger partial charge in [0.15, 0.2) is 5.65 Å². The van der Waals surface area contributed by atoms with Gasteiger partial charge in [0.1, 0.15) is 0 Å². The molecule has 0 bridgehead atoms. The van der Waals surface area contributed by atoms with Gasteiger partial charge in [-0.15, -0.1) is 5.10 Å². The summed E-state index contributed by atoms with van der Waals surface area (Å²) in [6.45, 7) is 4.61. The van der Waals surface area contributed by atoms with Crippen LogP contribution in [-0.2, 0) is 11.3 Å². The van der Waals surface area contributed by atoms with Crippen molar-refractivity contribution in [2.75, 3.05) is 26.3 Å². The van der Waals surface area contributed by atoms with E-state index < -0.39 is 0 Å². The molecule has 1 saturated heterocycles. The molecule has 1 aromatic carbocycles. The van der Waals surface area contributed by atoms with Gasteiger partial charge in [-0.2, -0.15) is 4.98 Å². The van der Waals surface area contributed by atoms with Gasteiger partial charge in [-0.3, -0.25) is 4.90 Å². The van der Waals surface area contributed by atoms with E-state index in [1.807, 2.05) is 18.2 Å². The van der Waals surface area contributed by atoms with Gasteiger partial charge in [-0.05, 0) is 29.3 Å². The number of nitrogens with zero attached hydrogens (tertiary/aromatic N) is 4. The molecule has 0 saturated carbocycles. The van der Waals surface area contributed by atoms with Crippen LogP contribution in [-0.4, -0.2) is 45.8 Å². The number of hydrogen-bond acceptors (Lipinski definition) is 4. The fourth-order valence-electron chi connectivity index (χ4n) is 2.90. The molecule has 3 heterocycles. The third kappa shape index (κ3) is 3.08. The Morgan fingerprint density at radius 1 is 1.04 bits per heavy atom. The van der Waals surface area contributed by atoms with Crippen LogP contribution in [0, 0.1) is 0 Å². The van der Waals surface area contributed by atoms with E-state index in [4.69, 9.17) is 16.3 Å². The third-order valence-corrected chi connectivity index (χ3v) is 4.25. The summed E-state index contributed by atoms with van der Waals surface area (Å²) in [5, 5.41) is 4.52. The van der Waals surface area contributed by atoms with E-state index >= 15 is 0 Å². The van der Waals surface area contributed by atoms with E-state index in [1.165, 1.54) is 5.56 Å². The lowest BCUT2D eigenvalue weighted by Crippen LogP contribution is -2.35. The normalized spacial score (nSPS) is 16.0. The maximum absolute atomic E-state index is 5.92. The highest BCUT2D eigenvalue weighted by Gasteiger charge is 2.11. The van der Waals surface area contributed by atoms with Gasteiger partial charge < -0.3 is 4.74 Å². The molecule has 0 N–H and O–H groups in total. The van der Waals surface area contributed by atoms with Crippen LogP contribution in [0.1, 0.15) is 5.56 Å². The van der Waals surface area contributed by atoms with Crippen molar-refractivity contribution < 1.29 is 4.74 Å². The largest absolute Gasteiger partial charge is 0.379 e. The number of morpholine rings is 1.